The fourth-order valence-corrected chi connectivity index (χ4v) is 8.15. The summed E-state index contributed by atoms with van der Waals surface area (Å²) in [7, 11) is 0. The zero-order valence-corrected chi connectivity index (χ0v) is 26.4. The number of hydrogen-bond donors (Lipinski definition) is 0. The fourth-order valence-electron chi connectivity index (χ4n) is 8.15. The second-order valence-corrected chi connectivity index (χ2v) is 13.3. The average molecular weight is 587 g/mol. The minimum Gasteiger partial charge on any atom is -0.0619 e. The first-order valence-corrected chi connectivity index (χ1v) is 16.3. The van der Waals surface area contributed by atoms with Crippen molar-refractivity contribution in [2.75, 3.05) is 0 Å². The van der Waals surface area contributed by atoms with Crippen LogP contribution >= 0.6 is 0 Å². The van der Waals surface area contributed by atoms with Gasteiger partial charge in [-0.2, -0.15) is 0 Å². The van der Waals surface area contributed by atoms with E-state index in [1.807, 2.05) is 0 Å². The van der Waals surface area contributed by atoms with Gasteiger partial charge in [0, 0.05) is 5.41 Å². The molecule has 0 aliphatic heterocycles. The maximum Gasteiger partial charge on any atom is 0.0159 e. The first-order valence-electron chi connectivity index (χ1n) is 16.3. The summed E-state index contributed by atoms with van der Waals surface area (Å²) in [6, 6.07) is 56.5. The Kier molecular flexibility index (Phi) is 5.86. The lowest BCUT2D eigenvalue weighted by molar-refractivity contribution is 0.660. The third kappa shape index (κ3) is 3.87. The van der Waals surface area contributed by atoms with Crippen molar-refractivity contribution in [1.29, 1.82) is 0 Å². The highest BCUT2D eigenvalue weighted by Gasteiger charge is 2.35. The van der Waals surface area contributed by atoms with E-state index >= 15 is 0 Å². The molecule has 0 saturated heterocycles. The van der Waals surface area contributed by atoms with Crippen LogP contribution in [0.4, 0.5) is 0 Å². The molecule has 1 aliphatic carbocycles. The van der Waals surface area contributed by atoms with Gasteiger partial charge >= 0.3 is 0 Å². The van der Waals surface area contributed by atoms with Crippen LogP contribution < -0.4 is 0 Å². The lowest BCUT2D eigenvalue weighted by Gasteiger charge is -2.23. The van der Waals surface area contributed by atoms with E-state index in [0.717, 1.165) is 0 Å². The van der Waals surface area contributed by atoms with Crippen LogP contribution in [-0.4, -0.2) is 0 Å². The van der Waals surface area contributed by atoms with Gasteiger partial charge in [-0.15, -0.1) is 0 Å². The summed E-state index contributed by atoms with van der Waals surface area (Å²) in [6.07, 6.45) is 0. The third-order valence-corrected chi connectivity index (χ3v) is 10.3. The van der Waals surface area contributed by atoms with E-state index in [1.54, 1.807) is 0 Å². The van der Waals surface area contributed by atoms with Crippen molar-refractivity contribution in [2.24, 2.45) is 0 Å². The van der Waals surface area contributed by atoms with Crippen molar-refractivity contribution in [3.63, 3.8) is 0 Å². The number of fused-ring (bicyclic) bond motifs is 6. The van der Waals surface area contributed by atoms with E-state index in [0.29, 0.717) is 0 Å². The van der Waals surface area contributed by atoms with Crippen molar-refractivity contribution < 1.29 is 0 Å². The lowest BCUT2D eigenvalue weighted by atomic mass is 9.80. The smallest absolute Gasteiger partial charge is 0.0159 e. The Morgan fingerprint density at radius 2 is 0.957 bits per heavy atom. The molecule has 8 aromatic carbocycles. The summed E-state index contributed by atoms with van der Waals surface area (Å²) in [5, 5.41) is 7.70. The zero-order valence-electron chi connectivity index (χ0n) is 26.4. The van der Waals surface area contributed by atoms with Gasteiger partial charge in [-0.3, -0.25) is 0 Å². The molecular formula is C46H34. The van der Waals surface area contributed by atoms with Crippen molar-refractivity contribution in [2.45, 2.75) is 26.2 Å². The summed E-state index contributed by atoms with van der Waals surface area (Å²) in [5.74, 6) is 0. The first kappa shape index (κ1) is 26.9. The average Bonchev–Trinajstić information content (AvgIpc) is 3.32. The Morgan fingerprint density at radius 3 is 1.78 bits per heavy atom. The number of hydrogen-bond acceptors (Lipinski definition) is 0. The molecule has 0 heteroatoms. The van der Waals surface area contributed by atoms with Crippen LogP contribution in [0.15, 0.2) is 152 Å². The van der Waals surface area contributed by atoms with Gasteiger partial charge in [0.25, 0.3) is 0 Å². The van der Waals surface area contributed by atoms with Crippen LogP contribution in [0, 0.1) is 6.92 Å². The van der Waals surface area contributed by atoms with Gasteiger partial charge in [0.2, 0.25) is 0 Å². The monoisotopic (exact) mass is 586 g/mol. The Bertz CT molecular complexity index is 2500. The van der Waals surface area contributed by atoms with E-state index in [4.69, 9.17) is 0 Å². The molecule has 0 bridgehead atoms. The Hall–Kier alpha value is -5.46. The van der Waals surface area contributed by atoms with Crippen LogP contribution in [0.2, 0.25) is 0 Å². The van der Waals surface area contributed by atoms with Gasteiger partial charge in [-0.05, 0) is 101 Å². The van der Waals surface area contributed by atoms with Crippen LogP contribution in [-0.2, 0) is 5.41 Å². The highest BCUT2D eigenvalue weighted by molar-refractivity contribution is 6.23. The number of benzene rings is 8. The molecule has 0 N–H and O–H groups in total. The van der Waals surface area contributed by atoms with Gasteiger partial charge in [0.15, 0.2) is 0 Å². The minimum atomic E-state index is -0.0548. The van der Waals surface area contributed by atoms with E-state index < -0.39 is 0 Å². The largest absolute Gasteiger partial charge is 0.0619 e. The van der Waals surface area contributed by atoms with E-state index in [1.165, 1.54) is 93.5 Å². The van der Waals surface area contributed by atoms with Gasteiger partial charge < -0.3 is 0 Å². The zero-order chi connectivity index (χ0) is 31.0. The molecule has 0 atom stereocenters. The van der Waals surface area contributed by atoms with E-state index in [-0.39, 0.29) is 5.41 Å². The third-order valence-electron chi connectivity index (χ3n) is 10.3. The first-order chi connectivity index (χ1) is 22.5. The minimum absolute atomic E-state index is 0.0548. The predicted octanol–water partition coefficient (Wildman–Crippen LogP) is 12.8. The van der Waals surface area contributed by atoms with E-state index in [2.05, 4.69) is 172 Å². The van der Waals surface area contributed by atoms with Gasteiger partial charge in [0.1, 0.15) is 0 Å². The van der Waals surface area contributed by atoms with Crippen LogP contribution in [0.1, 0.15) is 30.5 Å². The van der Waals surface area contributed by atoms with Crippen LogP contribution in [0.3, 0.4) is 0 Å². The molecule has 1 aliphatic rings. The van der Waals surface area contributed by atoms with Crippen molar-refractivity contribution in [3.05, 3.63) is 168 Å². The standard InChI is InChI=1S/C46H34/c1-29-23-25-40-41(27-29)44(31-24-26-36-35-17-10-11-22-42(35)46(2,3)43(36)28-31)38-19-8-9-20-39(38)45(40)37-18-7-6-16-34(37)33-21-12-14-30-13-4-5-15-32(30)33/h4-28H,1-3H3. The van der Waals surface area contributed by atoms with E-state index in [9.17, 15) is 0 Å². The molecule has 9 rings (SSSR count). The molecule has 0 unspecified atom stereocenters. The Labute approximate surface area is 270 Å². The molecule has 0 fully saturated rings. The maximum atomic E-state index is 2.47. The molecule has 0 heterocycles. The topological polar surface area (TPSA) is 0 Å². The molecule has 46 heavy (non-hydrogen) atoms. The molecule has 8 aromatic rings. The van der Waals surface area contributed by atoms with Gasteiger partial charge in [0.05, 0.1) is 0 Å². The number of aryl methyl sites for hydroxylation is 1. The summed E-state index contributed by atoms with van der Waals surface area (Å²) in [5.41, 5.74) is 14.4. The molecule has 0 nitrogen and oxygen atoms in total. The Balaban J connectivity index is 1.36. The van der Waals surface area contributed by atoms with Crippen molar-refractivity contribution in [3.8, 4) is 44.5 Å². The summed E-state index contributed by atoms with van der Waals surface area (Å²) in [4.78, 5) is 0. The molecule has 0 radical (unpaired) electrons. The summed E-state index contributed by atoms with van der Waals surface area (Å²) in [6.45, 7) is 6.95. The predicted molar refractivity (Wildman–Crippen MR) is 198 cm³/mol. The second kappa shape index (κ2) is 10.0. The fraction of sp³-hybridized carbons (Fsp3) is 0.0870. The molecule has 218 valence electrons. The second-order valence-electron chi connectivity index (χ2n) is 13.3. The molecular weight excluding hydrogens is 553 g/mol. The SMILES string of the molecule is Cc1ccc2c(-c3ccccc3-c3cccc4ccccc34)c3ccccc3c(-c3ccc4c(c3)C(C)(C)c3ccccc3-4)c2c1. The molecule has 0 amide bonds. The molecule has 0 saturated carbocycles. The summed E-state index contributed by atoms with van der Waals surface area (Å²) >= 11 is 0. The van der Waals surface area contributed by atoms with Crippen molar-refractivity contribution >= 4 is 32.3 Å². The summed E-state index contributed by atoms with van der Waals surface area (Å²) < 4.78 is 0. The highest BCUT2D eigenvalue weighted by atomic mass is 14.4. The quantitative estimate of drug-likeness (QED) is 0.181. The normalized spacial score (nSPS) is 13.3. The molecule has 0 aromatic heterocycles. The Morgan fingerprint density at radius 1 is 0.370 bits per heavy atom. The van der Waals surface area contributed by atoms with Crippen molar-refractivity contribution in [1.82, 2.24) is 0 Å². The maximum absolute atomic E-state index is 2.47. The van der Waals surface area contributed by atoms with Gasteiger partial charge in [-0.1, -0.05) is 165 Å². The lowest BCUT2D eigenvalue weighted by Crippen LogP contribution is -2.14. The highest BCUT2D eigenvalue weighted by Crippen LogP contribution is 2.52. The van der Waals surface area contributed by atoms with Crippen LogP contribution in [0.5, 0.6) is 0 Å². The molecule has 0 spiro atoms. The number of rotatable bonds is 3. The van der Waals surface area contributed by atoms with Gasteiger partial charge in [-0.25, -0.2) is 0 Å². The van der Waals surface area contributed by atoms with Crippen LogP contribution in [0.25, 0.3) is 76.8 Å².